The van der Waals surface area contributed by atoms with Crippen LogP contribution in [0.4, 0.5) is 0 Å². The summed E-state index contributed by atoms with van der Waals surface area (Å²) in [6.07, 6.45) is 5.29. The van der Waals surface area contributed by atoms with Gasteiger partial charge in [-0.15, -0.1) is 6.58 Å². The number of hydrogen-bond donors (Lipinski definition) is 2. The van der Waals surface area contributed by atoms with Crippen molar-refractivity contribution in [2.45, 2.75) is 82.6 Å². The molecule has 0 aromatic carbocycles. The van der Waals surface area contributed by atoms with Crippen LogP contribution in [-0.4, -0.2) is 80.8 Å². The SMILES string of the molecule is C=CCN(CCCC)C(=O)C1N([C@@H](CC)CO)C(=O)[C@@H]2[C@H](C(=O)O)[C@]3(CC)CCC12O3. The fraction of sp³-hybridized carbons (Fsp3) is 0.783. The third-order valence-corrected chi connectivity index (χ3v) is 7.64. The smallest absolute Gasteiger partial charge is 0.310 e. The highest BCUT2D eigenvalue weighted by Gasteiger charge is 2.79. The van der Waals surface area contributed by atoms with E-state index in [4.69, 9.17) is 4.74 Å². The Morgan fingerprint density at radius 1 is 1.35 bits per heavy atom. The summed E-state index contributed by atoms with van der Waals surface area (Å²) in [4.78, 5) is 43.0. The quantitative estimate of drug-likeness (QED) is 0.479. The lowest BCUT2D eigenvalue weighted by molar-refractivity contribution is -0.160. The molecular weight excluding hydrogens is 400 g/mol. The van der Waals surface area contributed by atoms with E-state index in [2.05, 4.69) is 6.58 Å². The number of carboxylic acids is 1. The van der Waals surface area contributed by atoms with Crippen LogP contribution in [0.2, 0.25) is 0 Å². The Morgan fingerprint density at radius 3 is 2.58 bits per heavy atom. The topological polar surface area (TPSA) is 107 Å². The van der Waals surface area contributed by atoms with Gasteiger partial charge in [0, 0.05) is 13.1 Å². The minimum Gasteiger partial charge on any atom is -0.481 e. The van der Waals surface area contributed by atoms with Crippen molar-refractivity contribution in [3.8, 4) is 0 Å². The van der Waals surface area contributed by atoms with Gasteiger partial charge in [-0.2, -0.15) is 0 Å². The summed E-state index contributed by atoms with van der Waals surface area (Å²) in [5, 5.41) is 20.1. The maximum absolute atomic E-state index is 13.9. The number of aliphatic hydroxyl groups is 1. The van der Waals surface area contributed by atoms with Gasteiger partial charge in [-0.3, -0.25) is 14.4 Å². The van der Waals surface area contributed by atoms with Crippen LogP contribution in [0, 0.1) is 11.8 Å². The summed E-state index contributed by atoms with van der Waals surface area (Å²) in [6, 6.07) is -1.50. The minimum absolute atomic E-state index is 0.242. The van der Waals surface area contributed by atoms with Crippen molar-refractivity contribution < 1.29 is 29.3 Å². The predicted octanol–water partition coefficient (Wildman–Crippen LogP) is 1.81. The number of amides is 2. The summed E-state index contributed by atoms with van der Waals surface area (Å²) < 4.78 is 6.50. The van der Waals surface area contributed by atoms with E-state index in [9.17, 15) is 24.6 Å². The number of unbranched alkanes of at least 4 members (excludes halogenated alkanes) is 1. The Hall–Kier alpha value is -1.93. The fourth-order valence-electron chi connectivity index (χ4n) is 6.09. The average molecular weight is 437 g/mol. The molecule has 2 N–H and O–H groups in total. The molecule has 3 rings (SSSR count). The first kappa shape index (κ1) is 23.7. The van der Waals surface area contributed by atoms with Crippen molar-refractivity contribution >= 4 is 17.8 Å². The van der Waals surface area contributed by atoms with Crippen LogP contribution in [-0.2, 0) is 19.1 Å². The van der Waals surface area contributed by atoms with Crippen LogP contribution in [0.1, 0.15) is 59.3 Å². The number of fused-ring (bicyclic) bond motifs is 1. The van der Waals surface area contributed by atoms with Crippen molar-refractivity contribution in [3.05, 3.63) is 12.7 Å². The lowest BCUT2D eigenvalue weighted by atomic mass is 9.65. The molecule has 174 valence electrons. The molecule has 3 heterocycles. The number of aliphatic carboxylic acids is 1. The molecule has 8 nitrogen and oxygen atoms in total. The standard InChI is InChI=1S/C23H36N2O6/c1-5-9-13-24(12-6-2)20(28)18-23-11-10-22(8-4,31-23)17(21(29)30)16(23)19(27)25(18)15(7-3)14-26/h6,15-18,26H,2,5,7-14H2,1,3-4H3,(H,29,30)/t15-,16-,17+,18?,22-,23?/m0/s1. The monoisotopic (exact) mass is 436 g/mol. The van der Waals surface area contributed by atoms with Crippen molar-refractivity contribution in [1.29, 1.82) is 0 Å². The number of rotatable bonds is 11. The number of likely N-dealkylation sites (tertiary alicyclic amines) is 1. The van der Waals surface area contributed by atoms with Gasteiger partial charge in [-0.25, -0.2) is 0 Å². The molecule has 3 aliphatic rings. The molecular formula is C23H36N2O6. The van der Waals surface area contributed by atoms with Crippen molar-refractivity contribution in [3.63, 3.8) is 0 Å². The van der Waals surface area contributed by atoms with E-state index < -0.39 is 41.1 Å². The number of carbonyl (C=O) groups excluding carboxylic acids is 2. The maximum Gasteiger partial charge on any atom is 0.310 e. The first-order chi connectivity index (χ1) is 14.8. The van der Waals surface area contributed by atoms with Crippen LogP contribution >= 0.6 is 0 Å². The normalized spacial score (nSPS) is 34.6. The van der Waals surface area contributed by atoms with Crippen LogP contribution < -0.4 is 0 Å². The maximum atomic E-state index is 13.9. The largest absolute Gasteiger partial charge is 0.481 e. The zero-order valence-electron chi connectivity index (χ0n) is 18.9. The van der Waals surface area contributed by atoms with Gasteiger partial charge in [-0.1, -0.05) is 33.3 Å². The second-order valence-corrected chi connectivity index (χ2v) is 9.09. The molecule has 31 heavy (non-hydrogen) atoms. The van der Waals surface area contributed by atoms with Gasteiger partial charge >= 0.3 is 5.97 Å². The Balaban J connectivity index is 2.11. The molecule has 0 saturated carbocycles. The molecule has 8 heteroatoms. The molecule has 2 amide bonds. The highest BCUT2D eigenvalue weighted by Crippen LogP contribution is 2.64. The van der Waals surface area contributed by atoms with E-state index in [1.54, 1.807) is 11.0 Å². The van der Waals surface area contributed by atoms with Gasteiger partial charge in [0.05, 0.1) is 24.2 Å². The Labute approximate surface area is 184 Å². The molecule has 3 saturated heterocycles. The number of hydrogen-bond acceptors (Lipinski definition) is 5. The predicted molar refractivity (Wildman–Crippen MR) is 114 cm³/mol. The van der Waals surface area contributed by atoms with E-state index in [0.29, 0.717) is 38.8 Å². The van der Waals surface area contributed by atoms with Crippen LogP contribution in [0.3, 0.4) is 0 Å². The van der Waals surface area contributed by atoms with Gasteiger partial charge in [0.1, 0.15) is 17.6 Å². The molecule has 3 aliphatic heterocycles. The first-order valence-corrected chi connectivity index (χ1v) is 11.5. The second kappa shape index (κ2) is 8.90. The van der Waals surface area contributed by atoms with Gasteiger partial charge in [0.2, 0.25) is 11.8 Å². The van der Waals surface area contributed by atoms with Crippen LogP contribution in [0.5, 0.6) is 0 Å². The summed E-state index contributed by atoms with van der Waals surface area (Å²) in [6.45, 7) is 10.1. The van der Waals surface area contributed by atoms with Gasteiger partial charge in [0.15, 0.2) is 0 Å². The van der Waals surface area contributed by atoms with Crippen molar-refractivity contribution in [2.75, 3.05) is 19.7 Å². The van der Waals surface area contributed by atoms with Gasteiger partial charge < -0.3 is 24.7 Å². The molecule has 6 atom stereocenters. The molecule has 0 aromatic rings. The van der Waals surface area contributed by atoms with Crippen molar-refractivity contribution in [2.24, 2.45) is 11.8 Å². The second-order valence-electron chi connectivity index (χ2n) is 9.09. The molecule has 1 spiro atoms. The molecule has 0 aliphatic carbocycles. The van der Waals surface area contributed by atoms with E-state index in [0.717, 1.165) is 12.8 Å². The summed E-state index contributed by atoms with van der Waals surface area (Å²) >= 11 is 0. The summed E-state index contributed by atoms with van der Waals surface area (Å²) in [7, 11) is 0. The Kier molecular flexibility index (Phi) is 6.81. The number of aliphatic hydroxyl groups excluding tert-OH is 1. The summed E-state index contributed by atoms with van der Waals surface area (Å²) in [5.41, 5.74) is -2.09. The Bertz CT molecular complexity index is 738. The number of carboxylic acid groups (broad SMARTS) is 1. The number of carbonyl (C=O) groups is 3. The van der Waals surface area contributed by atoms with Crippen LogP contribution in [0.25, 0.3) is 0 Å². The molecule has 0 radical (unpaired) electrons. The van der Waals surface area contributed by atoms with Gasteiger partial charge in [-0.05, 0) is 32.1 Å². The minimum atomic E-state index is -1.17. The number of nitrogens with zero attached hydrogens (tertiary/aromatic N) is 2. The highest BCUT2D eigenvalue weighted by molar-refractivity contribution is 5.98. The molecule has 2 bridgehead atoms. The number of ether oxygens (including phenoxy) is 1. The van der Waals surface area contributed by atoms with Crippen molar-refractivity contribution in [1.82, 2.24) is 9.80 Å². The van der Waals surface area contributed by atoms with E-state index in [1.165, 1.54) is 4.90 Å². The molecule has 2 unspecified atom stereocenters. The zero-order chi connectivity index (χ0) is 23.0. The third-order valence-electron chi connectivity index (χ3n) is 7.64. The molecule has 0 aromatic heterocycles. The average Bonchev–Trinajstić information content (AvgIpc) is 3.36. The fourth-order valence-corrected chi connectivity index (χ4v) is 6.09. The zero-order valence-corrected chi connectivity index (χ0v) is 18.9. The van der Waals surface area contributed by atoms with Crippen LogP contribution in [0.15, 0.2) is 12.7 Å². The lowest BCUT2D eigenvalue weighted by Crippen LogP contribution is -2.59. The first-order valence-electron chi connectivity index (χ1n) is 11.5. The summed E-state index contributed by atoms with van der Waals surface area (Å²) in [5.74, 6) is -3.57. The van der Waals surface area contributed by atoms with E-state index in [1.807, 2.05) is 20.8 Å². The lowest BCUT2D eigenvalue weighted by Gasteiger charge is -2.39. The highest BCUT2D eigenvalue weighted by atomic mass is 16.5. The van der Waals surface area contributed by atoms with Gasteiger partial charge in [0.25, 0.3) is 0 Å². The third kappa shape index (κ3) is 3.39. The Morgan fingerprint density at radius 2 is 2.06 bits per heavy atom. The molecule has 3 fully saturated rings. The van der Waals surface area contributed by atoms with E-state index >= 15 is 0 Å². The van der Waals surface area contributed by atoms with E-state index in [-0.39, 0.29) is 18.4 Å².